The van der Waals surface area contributed by atoms with E-state index in [-0.39, 0.29) is 0 Å². The molecule has 1 aromatic rings. The van der Waals surface area contributed by atoms with Gasteiger partial charge < -0.3 is 10.2 Å². The molecule has 0 unspecified atom stereocenters. The van der Waals surface area contributed by atoms with Crippen molar-refractivity contribution in [3.8, 4) is 0 Å². The maximum Gasteiger partial charge on any atom is 0.214 e. The van der Waals surface area contributed by atoms with E-state index in [9.17, 15) is 4.39 Å². The average Bonchev–Trinajstić information content (AvgIpc) is 2.45. The number of nitrogens with zero attached hydrogens (tertiary/aromatic N) is 2. The topological polar surface area (TPSA) is 28.2 Å². The van der Waals surface area contributed by atoms with Gasteiger partial charge in [-0.3, -0.25) is 0 Å². The minimum atomic E-state index is -0.403. The second-order valence-corrected chi connectivity index (χ2v) is 3.41. The summed E-state index contributed by atoms with van der Waals surface area (Å²) in [7, 11) is 0. The molecule has 0 radical (unpaired) electrons. The first kappa shape index (κ1) is 9.40. The van der Waals surface area contributed by atoms with Crippen LogP contribution in [-0.2, 0) is 0 Å². The zero-order valence-corrected chi connectivity index (χ0v) is 8.04. The molecule has 0 saturated carbocycles. The monoisotopic (exact) mass is 195 g/mol. The van der Waals surface area contributed by atoms with Crippen LogP contribution >= 0.6 is 0 Å². The maximum atomic E-state index is 12.9. The van der Waals surface area contributed by atoms with Crippen molar-refractivity contribution in [1.82, 2.24) is 10.3 Å². The van der Waals surface area contributed by atoms with Crippen LogP contribution in [0.4, 0.5) is 10.2 Å². The average molecular weight is 195 g/mol. The van der Waals surface area contributed by atoms with Gasteiger partial charge in [0.05, 0.1) is 0 Å². The van der Waals surface area contributed by atoms with Crippen LogP contribution in [0, 0.1) is 5.95 Å². The fraction of sp³-hybridized carbons (Fsp3) is 0.500. The molecule has 0 atom stereocenters. The van der Waals surface area contributed by atoms with Crippen molar-refractivity contribution >= 4 is 5.82 Å². The lowest BCUT2D eigenvalue weighted by Gasteiger charge is -2.20. The normalized spacial score (nSPS) is 17.9. The first-order chi connectivity index (χ1) is 6.86. The molecule has 0 aliphatic carbocycles. The Balaban J connectivity index is 2.12. The smallest absolute Gasteiger partial charge is 0.214 e. The molecule has 0 aromatic carbocycles. The minimum absolute atomic E-state index is 0.403. The van der Waals surface area contributed by atoms with Crippen molar-refractivity contribution in [3.63, 3.8) is 0 Å². The van der Waals surface area contributed by atoms with Crippen LogP contribution in [-0.4, -0.2) is 31.2 Å². The van der Waals surface area contributed by atoms with Gasteiger partial charge in [-0.2, -0.15) is 4.39 Å². The number of nitrogens with one attached hydrogen (secondary N) is 1. The molecule has 4 heteroatoms. The minimum Gasteiger partial charge on any atom is -0.355 e. The first-order valence-electron chi connectivity index (χ1n) is 4.94. The number of anilines is 1. The van der Waals surface area contributed by atoms with Crippen molar-refractivity contribution in [2.24, 2.45) is 0 Å². The number of aromatic nitrogens is 1. The van der Waals surface area contributed by atoms with E-state index in [2.05, 4.69) is 15.2 Å². The number of rotatable bonds is 1. The molecule has 1 saturated heterocycles. The Hall–Kier alpha value is -1.16. The molecule has 0 spiro atoms. The fourth-order valence-corrected chi connectivity index (χ4v) is 1.65. The molecule has 2 heterocycles. The van der Waals surface area contributed by atoms with Crippen LogP contribution in [0.3, 0.4) is 0 Å². The van der Waals surface area contributed by atoms with E-state index in [1.807, 2.05) is 6.07 Å². The van der Waals surface area contributed by atoms with E-state index in [4.69, 9.17) is 0 Å². The predicted octanol–water partition coefficient (Wildman–Crippen LogP) is 1.02. The van der Waals surface area contributed by atoms with Gasteiger partial charge in [-0.15, -0.1) is 0 Å². The van der Waals surface area contributed by atoms with Gasteiger partial charge in [-0.05, 0) is 25.1 Å². The highest BCUT2D eigenvalue weighted by Gasteiger charge is 2.10. The Labute approximate surface area is 82.9 Å². The summed E-state index contributed by atoms with van der Waals surface area (Å²) in [6.07, 6.45) is 1.08. The zero-order chi connectivity index (χ0) is 9.80. The standard InChI is InChI=1S/C10H14FN3/c11-9-3-1-4-10(13-9)14-7-2-5-12-6-8-14/h1,3-4,12H,2,5-8H2. The Bertz CT molecular complexity index is 295. The molecule has 14 heavy (non-hydrogen) atoms. The molecule has 76 valence electrons. The van der Waals surface area contributed by atoms with Gasteiger partial charge in [0.1, 0.15) is 5.82 Å². The van der Waals surface area contributed by atoms with E-state index >= 15 is 0 Å². The van der Waals surface area contributed by atoms with Gasteiger partial charge in [0.25, 0.3) is 0 Å². The summed E-state index contributed by atoms with van der Waals surface area (Å²) in [5.41, 5.74) is 0. The lowest BCUT2D eigenvalue weighted by Crippen LogP contribution is -2.28. The number of hydrogen-bond donors (Lipinski definition) is 1. The molecule has 1 N–H and O–H groups in total. The second kappa shape index (κ2) is 4.37. The third-order valence-electron chi connectivity index (χ3n) is 2.36. The molecular formula is C10H14FN3. The van der Waals surface area contributed by atoms with Crippen molar-refractivity contribution in [1.29, 1.82) is 0 Å². The van der Waals surface area contributed by atoms with E-state index in [1.54, 1.807) is 6.07 Å². The summed E-state index contributed by atoms with van der Waals surface area (Å²) in [5, 5.41) is 3.30. The highest BCUT2D eigenvalue weighted by molar-refractivity contribution is 5.37. The Morgan fingerprint density at radius 2 is 2.21 bits per heavy atom. The molecule has 3 nitrogen and oxygen atoms in total. The van der Waals surface area contributed by atoms with E-state index in [1.165, 1.54) is 6.07 Å². The van der Waals surface area contributed by atoms with Gasteiger partial charge in [0.2, 0.25) is 5.95 Å². The highest BCUT2D eigenvalue weighted by Crippen LogP contribution is 2.11. The fourth-order valence-electron chi connectivity index (χ4n) is 1.65. The van der Waals surface area contributed by atoms with Crippen molar-refractivity contribution in [2.75, 3.05) is 31.1 Å². The quantitative estimate of drug-likeness (QED) is 0.678. The van der Waals surface area contributed by atoms with Gasteiger partial charge in [0.15, 0.2) is 0 Å². The molecule has 2 rings (SSSR count). The van der Waals surface area contributed by atoms with Crippen molar-refractivity contribution in [3.05, 3.63) is 24.1 Å². The SMILES string of the molecule is Fc1cccc(N2CCCNCC2)n1. The summed E-state index contributed by atoms with van der Waals surface area (Å²) >= 11 is 0. The van der Waals surface area contributed by atoms with Gasteiger partial charge >= 0.3 is 0 Å². The lowest BCUT2D eigenvalue weighted by atomic mass is 10.3. The van der Waals surface area contributed by atoms with Crippen molar-refractivity contribution < 1.29 is 4.39 Å². The number of halogens is 1. The first-order valence-corrected chi connectivity index (χ1v) is 4.94. The lowest BCUT2D eigenvalue weighted by molar-refractivity contribution is 0.581. The Morgan fingerprint density at radius 1 is 1.29 bits per heavy atom. The molecule has 1 aliphatic heterocycles. The Morgan fingerprint density at radius 3 is 3.07 bits per heavy atom. The van der Waals surface area contributed by atoms with E-state index in [0.717, 1.165) is 38.4 Å². The summed E-state index contributed by atoms with van der Waals surface area (Å²) in [4.78, 5) is 5.98. The van der Waals surface area contributed by atoms with Crippen LogP contribution < -0.4 is 10.2 Å². The third-order valence-corrected chi connectivity index (χ3v) is 2.36. The number of pyridine rings is 1. The van der Waals surface area contributed by atoms with Crippen molar-refractivity contribution in [2.45, 2.75) is 6.42 Å². The molecule has 0 amide bonds. The molecule has 1 aliphatic rings. The molecule has 1 fully saturated rings. The summed E-state index contributed by atoms with van der Waals surface area (Å²) in [5.74, 6) is 0.341. The third kappa shape index (κ3) is 2.20. The summed E-state index contributed by atoms with van der Waals surface area (Å²) < 4.78 is 12.9. The van der Waals surface area contributed by atoms with Gasteiger partial charge in [-0.1, -0.05) is 6.07 Å². The van der Waals surface area contributed by atoms with E-state index in [0.29, 0.717) is 0 Å². The van der Waals surface area contributed by atoms with Crippen LogP contribution in [0.5, 0.6) is 0 Å². The number of hydrogen-bond acceptors (Lipinski definition) is 3. The predicted molar refractivity (Wildman–Crippen MR) is 53.9 cm³/mol. The Kier molecular flexibility index (Phi) is 2.93. The largest absolute Gasteiger partial charge is 0.355 e. The second-order valence-electron chi connectivity index (χ2n) is 3.41. The van der Waals surface area contributed by atoms with Crippen LogP contribution in [0.1, 0.15) is 6.42 Å². The molecule has 0 bridgehead atoms. The van der Waals surface area contributed by atoms with Crippen LogP contribution in [0.25, 0.3) is 0 Å². The van der Waals surface area contributed by atoms with E-state index < -0.39 is 5.95 Å². The maximum absolute atomic E-state index is 12.9. The van der Waals surface area contributed by atoms with Gasteiger partial charge in [-0.25, -0.2) is 4.98 Å². The highest BCUT2D eigenvalue weighted by atomic mass is 19.1. The summed E-state index contributed by atoms with van der Waals surface area (Å²) in [6, 6.07) is 4.93. The summed E-state index contributed by atoms with van der Waals surface area (Å²) in [6.45, 7) is 3.82. The molecule has 1 aromatic heterocycles. The van der Waals surface area contributed by atoms with Crippen LogP contribution in [0.2, 0.25) is 0 Å². The molecular weight excluding hydrogens is 181 g/mol. The van der Waals surface area contributed by atoms with Gasteiger partial charge in [0, 0.05) is 19.6 Å². The zero-order valence-electron chi connectivity index (χ0n) is 8.04. The van der Waals surface area contributed by atoms with Crippen LogP contribution in [0.15, 0.2) is 18.2 Å².